The van der Waals surface area contributed by atoms with E-state index >= 15 is 0 Å². The second-order valence-corrected chi connectivity index (χ2v) is 8.05. The van der Waals surface area contributed by atoms with Gasteiger partial charge in [-0.15, -0.1) is 11.3 Å². The molecule has 0 radical (unpaired) electrons. The third-order valence-corrected chi connectivity index (χ3v) is 6.17. The smallest absolute Gasteiger partial charge is 0.211 e. The quantitative estimate of drug-likeness (QED) is 0.354. The average molecular weight is 444 g/mol. The topological polar surface area (TPSA) is 69.6 Å². The van der Waals surface area contributed by atoms with Crippen LogP contribution < -0.4 is 10.5 Å². The molecule has 3 heterocycles. The maximum absolute atomic E-state index is 13.4. The maximum Gasteiger partial charge on any atom is 0.211 e. The number of fused-ring (bicyclic) bond motifs is 1. The number of nitrogens with two attached hydrogens (primary N) is 1. The van der Waals surface area contributed by atoms with E-state index in [2.05, 4.69) is 0 Å². The van der Waals surface area contributed by atoms with Crippen LogP contribution in [0.15, 0.2) is 78.3 Å². The van der Waals surface area contributed by atoms with Crippen molar-refractivity contribution in [1.82, 2.24) is 9.38 Å². The van der Waals surface area contributed by atoms with Crippen LogP contribution in [0.5, 0.6) is 5.75 Å². The number of halogens is 1. The number of carbonyl (C=O) groups is 1. The number of hydrogen-bond donors (Lipinski definition) is 1. The predicted molar refractivity (Wildman–Crippen MR) is 125 cm³/mol. The first-order chi connectivity index (χ1) is 15.6. The molecular weight excluding hydrogens is 425 g/mol. The second kappa shape index (κ2) is 7.94. The lowest BCUT2D eigenvalue weighted by atomic mass is 10.1. The van der Waals surface area contributed by atoms with Crippen LogP contribution in [-0.2, 0) is 0 Å². The van der Waals surface area contributed by atoms with Crippen molar-refractivity contribution in [1.29, 1.82) is 0 Å². The lowest BCUT2D eigenvalue weighted by Crippen LogP contribution is -2.08. The lowest BCUT2D eigenvalue weighted by Gasteiger charge is -2.05. The molecule has 2 N–H and O–H groups in total. The van der Waals surface area contributed by atoms with Gasteiger partial charge in [0.2, 0.25) is 5.78 Å². The fraction of sp³-hybridized carbons (Fsp3) is 0.0400. The molecule has 0 aliphatic rings. The number of methoxy groups -OCH3 is 1. The molecule has 0 amide bonds. The van der Waals surface area contributed by atoms with E-state index < -0.39 is 0 Å². The predicted octanol–water partition coefficient (Wildman–Crippen LogP) is 5.69. The second-order valence-electron chi connectivity index (χ2n) is 7.20. The van der Waals surface area contributed by atoms with Crippen molar-refractivity contribution in [2.45, 2.75) is 0 Å². The van der Waals surface area contributed by atoms with E-state index in [0.717, 1.165) is 16.8 Å². The molecule has 2 aromatic carbocycles. The highest BCUT2D eigenvalue weighted by molar-refractivity contribution is 7.13. The van der Waals surface area contributed by atoms with Crippen LogP contribution in [0.25, 0.3) is 27.3 Å². The van der Waals surface area contributed by atoms with E-state index in [-0.39, 0.29) is 11.6 Å². The summed E-state index contributed by atoms with van der Waals surface area (Å²) in [6, 6.07) is 18.8. The van der Waals surface area contributed by atoms with E-state index in [4.69, 9.17) is 15.5 Å². The van der Waals surface area contributed by atoms with Gasteiger partial charge in [0, 0.05) is 22.7 Å². The van der Waals surface area contributed by atoms with E-state index in [9.17, 15) is 9.18 Å². The summed E-state index contributed by atoms with van der Waals surface area (Å²) in [6.45, 7) is 0. The van der Waals surface area contributed by atoms with E-state index in [1.54, 1.807) is 47.9 Å². The Kier molecular flexibility index (Phi) is 4.95. The summed E-state index contributed by atoms with van der Waals surface area (Å²) in [5.74, 6) is 0.188. The number of carbonyl (C=O) groups excluding carboxylic acids is 1. The summed E-state index contributed by atoms with van der Waals surface area (Å²) in [4.78, 5) is 18.1. The molecule has 7 heteroatoms. The number of pyridine rings is 1. The molecule has 0 spiro atoms. The molecule has 3 aromatic heterocycles. The molecule has 0 aliphatic heterocycles. The first-order valence-electron chi connectivity index (χ1n) is 9.86. The fourth-order valence-corrected chi connectivity index (χ4v) is 4.60. The third kappa shape index (κ3) is 3.33. The number of ether oxygens (including phenoxy) is 1. The Labute approximate surface area is 187 Å². The minimum atomic E-state index is -0.298. The van der Waals surface area contributed by atoms with Crippen molar-refractivity contribution in [2.24, 2.45) is 0 Å². The molecule has 0 saturated carbocycles. The molecule has 0 aliphatic carbocycles. The van der Waals surface area contributed by atoms with Gasteiger partial charge in [-0.05, 0) is 60.7 Å². The zero-order valence-corrected chi connectivity index (χ0v) is 17.9. The van der Waals surface area contributed by atoms with E-state index in [0.29, 0.717) is 33.3 Å². The zero-order chi connectivity index (χ0) is 22.2. The van der Waals surface area contributed by atoms with Gasteiger partial charge in [-0.2, -0.15) is 0 Å². The molecule has 5 rings (SSSR count). The largest absolute Gasteiger partial charge is 0.497 e. The van der Waals surface area contributed by atoms with Gasteiger partial charge in [0.25, 0.3) is 0 Å². The number of ketones is 1. The van der Waals surface area contributed by atoms with Gasteiger partial charge in [0.15, 0.2) is 0 Å². The number of hydrogen-bond acceptors (Lipinski definition) is 5. The van der Waals surface area contributed by atoms with Crippen LogP contribution in [0.2, 0.25) is 0 Å². The summed E-state index contributed by atoms with van der Waals surface area (Å²) in [5, 5.41) is 2.60. The Balaban J connectivity index is 1.63. The highest BCUT2D eigenvalue weighted by atomic mass is 32.1. The molecular formula is C25H18FN3O2S. The van der Waals surface area contributed by atoms with Gasteiger partial charge >= 0.3 is 0 Å². The van der Waals surface area contributed by atoms with Crippen LogP contribution >= 0.6 is 11.3 Å². The number of benzene rings is 2. The molecule has 0 atom stereocenters. The van der Waals surface area contributed by atoms with Crippen molar-refractivity contribution in [3.05, 3.63) is 95.4 Å². The SMILES string of the molecule is COc1ccc(C(=O)c2c(N)c(-c3nc(-c4ccc(F)cc4)cs3)c3ccccn23)cc1. The van der Waals surface area contributed by atoms with Crippen LogP contribution in [0.1, 0.15) is 16.1 Å². The molecule has 0 unspecified atom stereocenters. The number of anilines is 1. The standard InChI is InChI=1S/C25H18FN3O2S/c1-31-18-11-7-16(8-12-18)24(30)23-22(27)21(20-4-2-3-13-29(20)23)25-28-19(14-32-25)15-5-9-17(26)10-6-15/h2-14H,27H2,1H3. The normalized spacial score (nSPS) is 11.1. The number of aromatic nitrogens is 2. The van der Waals surface area contributed by atoms with Crippen LogP contribution in [0.3, 0.4) is 0 Å². The van der Waals surface area contributed by atoms with Crippen LogP contribution in [0, 0.1) is 5.82 Å². The Bertz CT molecular complexity index is 1440. The molecule has 158 valence electrons. The number of nitrogen functional groups attached to an aromatic ring is 1. The molecule has 5 nitrogen and oxygen atoms in total. The van der Waals surface area contributed by atoms with Crippen molar-refractivity contribution < 1.29 is 13.9 Å². The first kappa shape index (κ1) is 20.0. The van der Waals surface area contributed by atoms with Crippen molar-refractivity contribution in [2.75, 3.05) is 12.8 Å². The zero-order valence-electron chi connectivity index (χ0n) is 17.1. The van der Waals surface area contributed by atoms with Crippen LogP contribution in [0.4, 0.5) is 10.1 Å². The lowest BCUT2D eigenvalue weighted by molar-refractivity contribution is 0.103. The van der Waals surface area contributed by atoms with Gasteiger partial charge in [0.05, 0.1) is 29.6 Å². The Morgan fingerprint density at radius 1 is 1.06 bits per heavy atom. The van der Waals surface area contributed by atoms with Crippen LogP contribution in [-0.4, -0.2) is 22.3 Å². The summed E-state index contributed by atoms with van der Waals surface area (Å²) < 4.78 is 20.3. The molecule has 0 fully saturated rings. The van der Waals surface area contributed by atoms with Crippen molar-refractivity contribution >= 4 is 28.3 Å². The Hall–Kier alpha value is -3.97. The number of nitrogens with zero attached hydrogens (tertiary/aromatic N) is 2. The molecule has 32 heavy (non-hydrogen) atoms. The average Bonchev–Trinajstić information content (AvgIpc) is 3.41. The van der Waals surface area contributed by atoms with Gasteiger partial charge in [-0.3, -0.25) is 4.79 Å². The van der Waals surface area contributed by atoms with E-state index in [1.165, 1.54) is 23.5 Å². The minimum Gasteiger partial charge on any atom is -0.497 e. The third-order valence-electron chi connectivity index (χ3n) is 5.31. The monoisotopic (exact) mass is 443 g/mol. The summed E-state index contributed by atoms with van der Waals surface area (Å²) in [5.41, 5.74) is 10.9. The molecule has 0 saturated heterocycles. The minimum absolute atomic E-state index is 0.187. The van der Waals surface area contributed by atoms with Gasteiger partial charge in [-0.25, -0.2) is 9.37 Å². The number of rotatable bonds is 5. The maximum atomic E-state index is 13.4. The summed E-state index contributed by atoms with van der Waals surface area (Å²) in [6.07, 6.45) is 1.82. The fourth-order valence-electron chi connectivity index (χ4n) is 3.71. The van der Waals surface area contributed by atoms with Gasteiger partial charge < -0.3 is 14.9 Å². The van der Waals surface area contributed by atoms with E-state index in [1.807, 2.05) is 29.8 Å². The molecule has 5 aromatic rings. The summed E-state index contributed by atoms with van der Waals surface area (Å²) in [7, 11) is 1.58. The molecule has 0 bridgehead atoms. The van der Waals surface area contributed by atoms with Crippen molar-refractivity contribution in [3.8, 4) is 27.6 Å². The number of thiazole rings is 1. The highest BCUT2D eigenvalue weighted by Crippen LogP contribution is 2.39. The Morgan fingerprint density at radius 3 is 2.53 bits per heavy atom. The van der Waals surface area contributed by atoms with Gasteiger partial charge in [0.1, 0.15) is 22.3 Å². The highest BCUT2D eigenvalue weighted by Gasteiger charge is 2.25. The van der Waals surface area contributed by atoms with Gasteiger partial charge in [-0.1, -0.05) is 6.07 Å². The van der Waals surface area contributed by atoms with Crippen molar-refractivity contribution in [3.63, 3.8) is 0 Å². The Morgan fingerprint density at radius 2 is 1.81 bits per heavy atom. The summed E-state index contributed by atoms with van der Waals surface area (Å²) >= 11 is 1.43. The first-order valence-corrected chi connectivity index (χ1v) is 10.7.